The van der Waals surface area contributed by atoms with Crippen molar-refractivity contribution in [1.82, 2.24) is 14.5 Å². The lowest BCUT2D eigenvalue weighted by molar-refractivity contribution is 0.0991. The first-order valence-electron chi connectivity index (χ1n) is 12.2. The minimum atomic E-state index is -0.813. The highest BCUT2D eigenvalue weighted by Gasteiger charge is 2.41. The maximum atomic E-state index is 13.2. The summed E-state index contributed by atoms with van der Waals surface area (Å²) in [5.74, 6) is 1.05. The Bertz CT molecular complexity index is 1670. The Labute approximate surface area is 222 Å². The van der Waals surface area contributed by atoms with Gasteiger partial charge in [0.25, 0.3) is 11.8 Å². The van der Waals surface area contributed by atoms with E-state index >= 15 is 0 Å². The molecule has 192 valence electrons. The number of benzene rings is 2. The molecular formula is C28H25N5O4S. The highest BCUT2D eigenvalue weighted by molar-refractivity contribution is 7.17. The second-order valence-electron chi connectivity index (χ2n) is 9.51. The number of carbonyl (C=O) groups excluding carboxylic acids is 2. The van der Waals surface area contributed by atoms with Crippen LogP contribution in [0.2, 0.25) is 0 Å². The first kappa shape index (κ1) is 24.1. The van der Waals surface area contributed by atoms with E-state index in [4.69, 9.17) is 9.40 Å². The summed E-state index contributed by atoms with van der Waals surface area (Å²) in [7, 11) is 1.72. The van der Waals surface area contributed by atoms with Crippen LogP contribution in [0.4, 0.5) is 11.6 Å². The quantitative estimate of drug-likeness (QED) is 0.304. The zero-order valence-corrected chi connectivity index (χ0v) is 21.7. The molecule has 1 fully saturated rings. The molecule has 1 aliphatic carbocycles. The van der Waals surface area contributed by atoms with Crippen molar-refractivity contribution < 1.29 is 19.1 Å². The monoisotopic (exact) mass is 527 g/mol. The Morgan fingerprint density at radius 3 is 2.66 bits per heavy atom. The van der Waals surface area contributed by atoms with E-state index in [0.29, 0.717) is 58.6 Å². The minimum Gasteiger partial charge on any atom is -0.440 e. The second kappa shape index (κ2) is 9.23. The molecule has 2 aromatic carbocycles. The SMILES string of the molecule is Cc1ncc(-c2ccc(C(=O)Nc3nc4cc(N(C)C(=O)c5ccccc5)ccc4n3CC3(O)CC3)s2)o1. The Kier molecular flexibility index (Phi) is 5.85. The van der Waals surface area contributed by atoms with E-state index in [-0.39, 0.29) is 11.8 Å². The third-order valence-electron chi connectivity index (χ3n) is 6.64. The molecule has 2 amide bonds. The van der Waals surface area contributed by atoms with Crippen molar-refractivity contribution in [3.8, 4) is 10.6 Å². The number of amides is 2. The molecule has 0 bridgehead atoms. The average molecular weight is 528 g/mol. The first-order chi connectivity index (χ1) is 18.3. The molecule has 1 aliphatic rings. The predicted octanol–water partition coefficient (Wildman–Crippen LogP) is 5.12. The van der Waals surface area contributed by atoms with Gasteiger partial charge < -0.3 is 19.0 Å². The fourth-order valence-electron chi connectivity index (χ4n) is 4.30. The third kappa shape index (κ3) is 4.59. The highest BCUT2D eigenvalue weighted by atomic mass is 32.1. The number of nitrogens with one attached hydrogen (secondary N) is 1. The van der Waals surface area contributed by atoms with E-state index in [9.17, 15) is 14.7 Å². The highest BCUT2D eigenvalue weighted by Crippen LogP contribution is 2.39. The van der Waals surface area contributed by atoms with Gasteiger partial charge in [-0.3, -0.25) is 14.9 Å². The summed E-state index contributed by atoms with van der Waals surface area (Å²) in [6, 6.07) is 18.1. The smallest absolute Gasteiger partial charge is 0.268 e. The van der Waals surface area contributed by atoms with E-state index < -0.39 is 5.60 Å². The summed E-state index contributed by atoms with van der Waals surface area (Å²) in [6.07, 6.45) is 3.02. The number of aliphatic hydroxyl groups is 1. The lowest BCUT2D eigenvalue weighted by Gasteiger charge is -2.18. The van der Waals surface area contributed by atoms with Gasteiger partial charge in [0.2, 0.25) is 5.95 Å². The summed E-state index contributed by atoms with van der Waals surface area (Å²) < 4.78 is 7.40. The van der Waals surface area contributed by atoms with Crippen molar-refractivity contribution >= 4 is 45.8 Å². The Balaban J connectivity index is 1.30. The number of rotatable bonds is 7. The molecule has 2 N–H and O–H groups in total. The van der Waals surface area contributed by atoms with Gasteiger partial charge in [0.05, 0.1) is 39.1 Å². The number of oxazole rings is 1. The van der Waals surface area contributed by atoms with E-state index in [1.54, 1.807) is 43.3 Å². The summed E-state index contributed by atoms with van der Waals surface area (Å²) in [4.78, 5) is 37.8. The zero-order valence-electron chi connectivity index (χ0n) is 20.8. The fourth-order valence-corrected chi connectivity index (χ4v) is 5.15. The van der Waals surface area contributed by atoms with Gasteiger partial charge in [-0.25, -0.2) is 9.97 Å². The molecule has 10 heteroatoms. The van der Waals surface area contributed by atoms with Crippen molar-refractivity contribution in [1.29, 1.82) is 0 Å². The zero-order chi connectivity index (χ0) is 26.4. The number of hydrogen-bond donors (Lipinski definition) is 2. The van der Waals surface area contributed by atoms with Crippen LogP contribution in [0.3, 0.4) is 0 Å². The molecule has 38 heavy (non-hydrogen) atoms. The molecule has 3 heterocycles. The van der Waals surface area contributed by atoms with Crippen molar-refractivity contribution in [3.63, 3.8) is 0 Å². The van der Waals surface area contributed by atoms with Gasteiger partial charge in [-0.05, 0) is 55.3 Å². The summed E-state index contributed by atoms with van der Waals surface area (Å²) in [6.45, 7) is 2.08. The van der Waals surface area contributed by atoms with E-state index in [2.05, 4.69) is 10.3 Å². The number of aromatic nitrogens is 3. The molecule has 3 aromatic heterocycles. The van der Waals surface area contributed by atoms with E-state index in [1.807, 2.05) is 47.0 Å². The van der Waals surface area contributed by atoms with E-state index in [1.165, 1.54) is 11.3 Å². The molecule has 5 aromatic rings. The van der Waals surface area contributed by atoms with Crippen LogP contribution in [-0.2, 0) is 6.54 Å². The van der Waals surface area contributed by atoms with Gasteiger partial charge in [-0.15, -0.1) is 11.3 Å². The van der Waals surface area contributed by atoms with Crippen molar-refractivity contribution in [2.24, 2.45) is 0 Å². The van der Waals surface area contributed by atoms with Crippen LogP contribution >= 0.6 is 11.3 Å². The molecule has 0 saturated heterocycles. The Morgan fingerprint density at radius 2 is 1.95 bits per heavy atom. The number of aryl methyl sites for hydroxylation is 1. The van der Waals surface area contributed by atoms with Gasteiger partial charge >= 0.3 is 0 Å². The number of imidazole rings is 1. The van der Waals surface area contributed by atoms with E-state index in [0.717, 1.165) is 10.4 Å². The van der Waals surface area contributed by atoms with Crippen LogP contribution in [0, 0.1) is 6.92 Å². The van der Waals surface area contributed by atoms with Crippen molar-refractivity contribution in [3.05, 3.63) is 83.2 Å². The summed E-state index contributed by atoms with van der Waals surface area (Å²) in [5.41, 5.74) is 1.81. The maximum Gasteiger partial charge on any atom is 0.268 e. The van der Waals surface area contributed by atoms with Crippen LogP contribution in [0.25, 0.3) is 21.7 Å². The average Bonchev–Trinajstić information content (AvgIpc) is 3.27. The lowest BCUT2D eigenvalue weighted by atomic mass is 10.2. The van der Waals surface area contributed by atoms with Crippen molar-refractivity contribution in [2.75, 3.05) is 17.3 Å². The Morgan fingerprint density at radius 1 is 1.16 bits per heavy atom. The molecule has 6 rings (SSSR count). The largest absolute Gasteiger partial charge is 0.440 e. The number of hydrogen-bond acceptors (Lipinski definition) is 7. The second-order valence-corrected chi connectivity index (χ2v) is 10.6. The number of thiophene rings is 1. The number of nitrogens with zero attached hydrogens (tertiary/aromatic N) is 4. The number of carbonyl (C=O) groups is 2. The van der Waals surface area contributed by atoms with Gasteiger partial charge in [-0.2, -0.15) is 0 Å². The molecule has 0 spiro atoms. The topological polar surface area (TPSA) is 113 Å². The standard InChI is InChI=1S/C28H25N5O4S/c1-17-29-15-22(37-17)23-10-11-24(38-23)25(34)31-27-30-20-14-19(32(2)26(35)18-6-4-3-5-7-18)8-9-21(20)33(27)16-28(36)12-13-28/h3-11,14-15,36H,12-13,16H2,1-2H3,(H,30,31,34). The normalized spacial score (nSPS) is 14.0. The molecule has 1 saturated carbocycles. The van der Waals surface area contributed by atoms with Gasteiger partial charge in [-0.1, -0.05) is 18.2 Å². The van der Waals surface area contributed by atoms with Crippen LogP contribution in [0.5, 0.6) is 0 Å². The lowest BCUT2D eigenvalue weighted by Crippen LogP contribution is -2.26. The van der Waals surface area contributed by atoms with Crippen molar-refractivity contribution in [2.45, 2.75) is 31.9 Å². The van der Waals surface area contributed by atoms with Gasteiger partial charge in [0.15, 0.2) is 11.7 Å². The summed E-state index contributed by atoms with van der Waals surface area (Å²) in [5, 5.41) is 13.6. The maximum absolute atomic E-state index is 13.2. The van der Waals surface area contributed by atoms with Gasteiger partial charge in [0, 0.05) is 25.2 Å². The molecular weight excluding hydrogens is 502 g/mol. The number of fused-ring (bicyclic) bond motifs is 1. The van der Waals surface area contributed by atoms with Gasteiger partial charge in [0.1, 0.15) is 0 Å². The third-order valence-corrected chi connectivity index (χ3v) is 7.74. The first-order valence-corrected chi connectivity index (χ1v) is 13.0. The molecule has 9 nitrogen and oxygen atoms in total. The summed E-state index contributed by atoms with van der Waals surface area (Å²) >= 11 is 1.30. The minimum absolute atomic E-state index is 0.138. The Hall–Kier alpha value is -4.28. The molecule has 0 aliphatic heterocycles. The number of anilines is 2. The van der Waals surface area contributed by atoms with Crippen LogP contribution < -0.4 is 10.2 Å². The molecule has 0 radical (unpaired) electrons. The molecule has 0 atom stereocenters. The predicted molar refractivity (Wildman–Crippen MR) is 146 cm³/mol. The van der Waals surface area contributed by atoms with Crippen LogP contribution in [-0.4, -0.2) is 44.1 Å². The van der Waals surface area contributed by atoms with Crippen LogP contribution in [0.1, 0.15) is 38.8 Å². The molecule has 0 unspecified atom stereocenters. The fraction of sp³-hybridized carbons (Fsp3) is 0.214. The van der Waals surface area contributed by atoms with Crippen LogP contribution in [0.15, 0.2) is 71.3 Å².